The van der Waals surface area contributed by atoms with E-state index >= 15 is 0 Å². The highest BCUT2D eigenvalue weighted by molar-refractivity contribution is 7.99. The molecule has 0 bridgehead atoms. The Balaban J connectivity index is 2.93. The summed E-state index contributed by atoms with van der Waals surface area (Å²) in [4.78, 5) is 2.87. The van der Waals surface area contributed by atoms with Crippen LogP contribution in [0.5, 0.6) is 0 Å². The third kappa shape index (κ3) is 4.43. The molecule has 19 heavy (non-hydrogen) atoms. The molecule has 1 aromatic carbocycles. The molecule has 0 saturated carbocycles. The maximum Gasteiger partial charge on any atom is 0.103 e. The standard InChI is InChI=1S/C14H20N2O2S/c1-4-19-14-7-5-6-13(12(14)8-15)16(2)9-11(17)10-18-3/h5-7,11,17H,4,9-10H2,1-3H3. The van der Waals surface area contributed by atoms with Crippen LogP contribution in [0.1, 0.15) is 12.5 Å². The zero-order valence-corrected chi connectivity index (χ0v) is 12.4. The van der Waals surface area contributed by atoms with Crippen LogP contribution in [0, 0.1) is 11.3 Å². The lowest BCUT2D eigenvalue weighted by atomic mass is 10.1. The Hall–Kier alpha value is -1.22. The van der Waals surface area contributed by atoms with Crippen LogP contribution in [0.4, 0.5) is 5.69 Å². The number of aliphatic hydroxyl groups is 1. The molecule has 0 aromatic heterocycles. The van der Waals surface area contributed by atoms with E-state index in [1.54, 1.807) is 18.9 Å². The number of methoxy groups -OCH3 is 1. The Morgan fingerprint density at radius 3 is 2.84 bits per heavy atom. The van der Waals surface area contributed by atoms with E-state index in [2.05, 4.69) is 13.0 Å². The fourth-order valence-electron chi connectivity index (χ4n) is 1.89. The smallest absolute Gasteiger partial charge is 0.103 e. The van der Waals surface area contributed by atoms with Crippen LogP contribution in [-0.4, -0.2) is 44.3 Å². The number of benzene rings is 1. The predicted octanol–water partition coefficient (Wildman–Crippen LogP) is 2.11. The van der Waals surface area contributed by atoms with Gasteiger partial charge in [-0.15, -0.1) is 11.8 Å². The number of anilines is 1. The lowest BCUT2D eigenvalue weighted by molar-refractivity contribution is 0.0695. The number of nitrogens with zero attached hydrogens (tertiary/aromatic N) is 2. The third-order valence-electron chi connectivity index (χ3n) is 2.67. The molecule has 4 nitrogen and oxygen atoms in total. The van der Waals surface area contributed by atoms with Crippen LogP contribution < -0.4 is 4.90 Å². The van der Waals surface area contributed by atoms with Gasteiger partial charge >= 0.3 is 0 Å². The molecule has 0 radical (unpaired) electrons. The van der Waals surface area contributed by atoms with Gasteiger partial charge in [0.2, 0.25) is 0 Å². The Kier molecular flexibility index (Phi) is 6.71. The van der Waals surface area contributed by atoms with Gasteiger partial charge in [-0.3, -0.25) is 0 Å². The minimum Gasteiger partial charge on any atom is -0.389 e. The maximum atomic E-state index is 9.76. The summed E-state index contributed by atoms with van der Waals surface area (Å²) >= 11 is 1.65. The Morgan fingerprint density at radius 1 is 1.53 bits per heavy atom. The first kappa shape index (κ1) is 15.8. The summed E-state index contributed by atoms with van der Waals surface area (Å²) in [7, 11) is 3.43. The van der Waals surface area contributed by atoms with Gasteiger partial charge in [0.25, 0.3) is 0 Å². The van der Waals surface area contributed by atoms with Gasteiger partial charge in [0.1, 0.15) is 6.07 Å². The van der Waals surface area contributed by atoms with E-state index in [-0.39, 0.29) is 6.61 Å². The molecule has 1 unspecified atom stereocenters. The summed E-state index contributed by atoms with van der Waals surface area (Å²) in [6.45, 7) is 2.78. The van der Waals surface area contributed by atoms with Crippen molar-refractivity contribution in [2.75, 3.05) is 38.0 Å². The monoisotopic (exact) mass is 280 g/mol. The molecule has 104 valence electrons. The Morgan fingerprint density at radius 2 is 2.26 bits per heavy atom. The first-order valence-corrected chi connectivity index (χ1v) is 7.16. The quantitative estimate of drug-likeness (QED) is 0.775. The van der Waals surface area contributed by atoms with Crippen LogP contribution in [0.25, 0.3) is 0 Å². The highest BCUT2D eigenvalue weighted by Gasteiger charge is 2.14. The molecule has 1 rings (SSSR count). The van der Waals surface area contributed by atoms with Crippen molar-refractivity contribution in [1.82, 2.24) is 0 Å². The van der Waals surface area contributed by atoms with E-state index in [0.29, 0.717) is 12.1 Å². The predicted molar refractivity (Wildman–Crippen MR) is 78.7 cm³/mol. The van der Waals surface area contributed by atoms with Gasteiger partial charge in [-0.25, -0.2) is 0 Å². The second-order valence-corrected chi connectivity index (χ2v) is 5.49. The summed E-state index contributed by atoms with van der Waals surface area (Å²) in [6.07, 6.45) is -0.566. The zero-order valence-electron chi connectivity index (χ0n) is 11.6. The molecule has 0 heterocycles. The molecular weight excluding hydrogens is 260 g/mol. The van der Waals surface area contributed by atoms with Gasteiger partial charge in [-0.2, -0.15) is 5.26 Å². The molecule has 1 aromatic rings. The molecule has 0 amide bonds. The fraction of sp³-hybridized carbons (Fsp3) is 0.500. The summed E-state index contributed by atoms with van der Waals surface area (Å²) < 4.78 is 4.91. The van der Waals surface area contributed by atoms with Crippen LogP contribution in [0.3, 0.4) is 0 Å². The van der Waals surface area contributed by atoms with E-state index in [9.17, 15) is 10.4 Å². The van der Waals surface area contributed by atoms with Gasteiger partial charge in [0, 0.05) is 25.6 Å². The molecule has 0 spiro atoms. The van der Waals surface area contributed by atoms with E-state index in [1.807, 2.05) is 30.1 Å². The van der Waals surface area contributed by atoms with E-state index in [1.165, 1.54) is 0 Å². The number of rotatable bonds is 7. The van der Waals surface area contributed by atoms with Crippen molar-refractivity contribution >= 4 is 17.4 Å². The lowest BCUT2D eigenvalue weighted by Gasteiger charge is -2.24. The normalized spacial score (nSPS) is 11.9. The minimum atomic E-state index is -0.566. The van der Waals surface area contributed by atoms with Crippen molar-refractivity contribution in [2.24, 2.45) is 0 Å². The van der Waals surface area contributed by atoms with E-state index in [4.69, 9.17) is 4.74 Å². The summed E-state index contributed by atoms with van der Waals surface area (Å²) in [5.41, 5.74) is 1.51. The van der Waals surface area contributed by atoms with Crippen molar-refractivity contribution in [3.8, 4) is 6.07 Å². The average Bonchev–Trinajstić information content (AvgIpc) is 2.39. The number of thioether (sulfide) groups is 1. The number of aliphatic hydroxyl groups excluding tert-OH is 1. The average molecular weight is 280 g/mol. The van der Waals surface area contributed by atoms with Gasteiger partial charge in [0.05, 0.1) is 24.0 Å². The van der Waals surface area contributed by atoms with Crippen molar-refractivity contribution in [3.05, 3.63) is 23.8 Å². The first-order valence-electron chi connectivity index (χ1n) is 6.18. The number of likely N-dealkylation sites (N-methyl/N-ethyl adjacent to an activating group) is 1. The maximum absolute atomic E-state index is 9.76. The SMILES string of the molecule is CCSc1cccc(N(C)CC(O)COC)c1C#N. The van der Waals surface area contributed by atoms with Crippen LogP contribution in [0.15, 0.2) is 23.1 Å². The second-order valence-electron chi connectivity index (χ2n) is 4.18. The minimum absolute atomic E-state index is 0.287. The molecule has 5 heteroatoms. The highest BCUT2D eigenvalue weighted by Crippen LogP contribution is 2.29. The molecular formula is C14H20N2O2S. The number of hydrogen-bond donors (Lipinski definition) is 1. The van der Waals surface area contributed by atoms with Crippen LogP contribution >= 0.6 is 11.8 Å². The number of nitriles is 1. The van der Waals surface area contributed by atoms with Gasteiger partial charge in [-0.05, 0) is 17.9 Å². The van der Waals surface area contributed by atoms with Crippen molar-refractivity contribution in [1.29, 1.82) is 5.26 Å². The zero-order chi connectivity index (χ0) is 14.3. The van der Waals surface area contributed by atoms with Crippen LogP contribution in [0.2, 0.25) is 0 Å². The summed E-state index contributed by atoms with van der Waals surface area (Å²) in [6, 6.07) is 8.05. The first-order chi connectivity index (χ1) is 9.13. The van der Waals surface area contributed by atoms with Gasteiger partial charge < -0.3 is 14.7 Å². The van der Waals surface area contributed by atoms with E-state index in [0.717, 1.165) is 16.3 Å². The molecule has 0 aliphatic carbocycles. The van der Waals surface area contributed by atoms with Crippen LogP contribution in [-0.2, 0) is 4.74 Å². The fourth-order valence-corrected chi connectivity index (χ4v) is 2.67. The molecule has 1 atom stereocenters. The van der Waals surface area contributed by atoms with Gasteiger partial charge in [0.15, 0.2) is 0 Å². The summed E-state index contributed by atoms with van der Waals surface area (Å²) in [5.74, 6) is 0.925. The second kappa shape index (κ2) is 8.05. The Labute approximate surface area is 119 Å². The molecule has 0 aliphatic rings. The van der Waals surface area contributed by atoms with Crippen molar-refractivity contribution in [3.63, 3.8) is 0 Å². The van der Waals surface area contributed by atoms with E-state index < -0.39 is 6.10 Å². The molecule has 0 fully saturated rings. The topological polar surface area (TPSA) is 56.5 Å². The molecule has 0 saturated heterocycles. The summed E-state index contributed by atoms with van der Waals surface area (Å²) in [5, 5.41) is 19.1. The third-order valence-corrected chi connectivity index (χ3v) is 3.61. The number of hydrogen-bond acceptors (Lipinski definition) is 5. The highest BCUT2D eigenvalue weighted by atomic mass is 32.2. The Bertz CT molecular complexity index is 446. The number of ether oxygens (including phenoxy) is 1. The van der Waals surface area contributed by atoms with Crippen molar-refractivity contribution < 1.29 is 9.84 Å². The molecule has 0 aliphatic heterocycles. The molecule has 1 N–H and O–H groups in total. The van der Waals surface area contributed by atoms with Gasteiger partial charge in [-0.1, -0.05) is 13.0 Å². The van der Waals surface area contributed by atoms with Crippen molar-refractivity contribution in [2.45, 2.75) is 17.9 Å². The lowest BCUT2D eigenvalue weighted by Crippen LogP contribution is -2.32. The largest absolute Gasteiger partial charge is 0.389 e.